The molecule has 0 aliphatic carbocycles. The second-order valence-corrected chi connectivity index (χ2v) is 9.97. The topological polar surface area (TPSA) is 0 Å². The zero-order chi connectivity index (χ0) is 19.0. The molecule has 0 nitrogen and oxygen atoms in total. The van der Waals surface area contributed by atoms with Gasteiger partial charge in [0.15, 0.2) is 0 Å². The summed E-state index contributed by atoms with van der Waals surface area (Å²) in [5.41, 5.74) is 0. The van der Waals surface area contributed by atoms with E-state index in [0.29, 0.717) is 0 Å². The Morgan fingerprint density at radius 1 is 0.536 bits per heavy atom. The van der Waals surface area contributed by atoms with Crippen LogP contribution >= 0.6 is 46.2 Å². The van der Waals surface area contributed by atoms with Gasteiger partial charge in [0.25, 0.3) is 0 Å². The average molecular weight is 435 g/mol. The van der Waals surface area contributed by atoms with E-state index in [1.165, 1.54) is 29.4 Å². The van der Waals surface area contributed by atoms with Crippen LogP contribution in [0.5, 0.6) is 0 Å². The van der Waals surface area contributed by atoms with Gasteiger partial charge in [-0.15, -0.1) is 22.7 Å². The molecular formula is C24H18S4. The highest BCUT2D eigenvalue weighted by Crippen LogP contribution is 2.39. The molecule has 28 heavy (non-hydrogen) atoms. The first-order valence-corrected chi connectivity index (χ1v) is 12.2. The van der Waals surface area contributed by atoms with Gasteiger partial charge in [-0.25, -0.2) is 0 Å². The lowest BCUT2D eigenvalue weighted by Gasteiger charge is -2.07. The Kier molecular flexibility index (Phi) is 6.90. The normalized spacial score (nSPS) is 12.3. The first-order valence-electron chi connectivity index (χ1n) is 8.84. The van der Waals surface area contributed by atoms with Gasteiger partial charge < -0.3 is 0 Å². The number of hydrogen-bond donors (Lipinski definition) is 0. The second kappa shape index (κ2) is 9.99. The number of benzene rings is 2. The highest BCUT2D eigenvalue weighted by molar-refractivity contribution is 8.09. The van der Waals surface area contributed by atoms with Crippen molar-refractivity contribution in [3.05, 3.63) is 118 Å². The molecule has 0 N–H and O–H groups in total. The van der Waals surface area contributed by atoms with E-state index in [2.05, 4.69) is 108 Å². The zero-order valence-corrected chi connectivity index (χ0v) is 18.3. The predicted molar refractivity (Wildman–Crippen MR) is 129 cm³/mol. The van der Waals surface area contributed by atoms with Gasteiger partial charge in [0.1, 0.15) is 0 Å². The summed E-state index contributed by atoms with van der Waals surface area (Å²) in [4.78, 5) is 7.63. The quantitative estimate of drug-likeness (QED) is 0.210. The second-order valence-electron chi connectivity index (χ2n) is 5.85. The van der Waals surface area contributed by atoms with Crippen molar-refractivity contribution in [1.82, 2.24) is 0 Å². The Labute approximate surface area is 182 Å². The molecule has 0 spiro atoms. The molecule has 0 fully saturated rings. The van der Waals surface area contributed by atoms with Crippen molar-refractivity contribution in [3.8, 4) is 0 Å². The third kappa shape index (κ3) is 5.30. The van der Waals surface area contributed by atoms with Gasteiger partial charge in [0.2, 0.25) is 0 Å². The number of allylic oxidation sites excluding steroid dienone is 2. The molecule has 0 aliphatic rings. The van der Waals surface area contributed by atoms with Crippen LogP contribution in [0.2, 0.25) is 0 Å². The number of hydrogen-bond acceptors (Lipinski definition) is 4. The van der Waals surface area contributed by atoms with E-state index < -0.39 is 0 Å². The van der Waals surface area contributed by atoms with Crippen molar-refractivity contribution in [3.63, 3.8) is 0 Å². The lowest BCUT2D eigenvalue weighted by atomic mass is 10.3. The number of thioether (sulfide) groups is 2. The monoisotopic (exact) mass is 434 g/mol. The lowest BCUT2D eigenvalue weighted by molar-refractivity contribution is 1.47. The Bertz CT molecular complexity index is 941. The molecule has 138 valence electrons. The largest absolute Gasteiger partial charge is 0.143 e. The van der Waals surface area contributed by atoms with Crippen molar-refractivity contribution in [1.29, 1.82) is 0 Å². The fourth-order valence-electron chi connectivity index (χ4n) is 2.55. The smallest absolute Gasteiger partial charge is 0.0409 e. The van der Waals surface area contributed by atoms with Gasteiger partial charge >= 0.3 is 0 Å². The van der Waals surface area contributed by atoms with Crippen LogP contribution < -0.4 is 0 Å². The van der Waals surface area contributed by atoms with Crippen LogP contribution in [-0.4, -0.2) is 0 Å². The first-order chi connectivity index (χ1) is 13.9. The summed E-state index contributed by atoms with van der Waals surface area (Å²) in [6.45, 7) is 0. The van der Waals surface area contributed by atoms with Crippen LogP contribution in [0, 0.1) is 0 Å². The highest BCUT2D eigenvalue weighted by atomic mass is 32.2. The predicted octanol–water partition coefficient (Wildman–Crippen LogP) is 8.78. The Balaban J connectivity index is 1.68. The van der Waals surface area contributed by atoms with Gasteiger partial charge in [-0.3, -0.25) is 0 Å². The van der Waals surface area contributed by atoms with Gasteiger partial charge in [-0.05, 0) is 59.3 Å². The average Bonchev–Trinajstić information content (AvgIpc) is 3.46. The SMILES string of the molecule is C(/C=C(/Sc1ccccc1)c1cccs1)=C(\Sc1ccccc1)c1cccs1. The van der Waals surface area contributed by atoms with Crippen LogP contribution in [0.4, 0.5) is 0 Å². The molecule has 0 amide bonds. The van der Waals surface area contributed by atoms with E-state index in [-0.39, 0.29) is 0 Å². The third-order valence-corrected chi connectivity index (χ3v) is 8.09. The summed E-state index contributed by atoms with van der Waals surface area (Å²) in [5, 5.41) is 4.27. The van der Waals surface area contributed by atoms with Crippen molar-refractivity contribution < 1.29 is 0 Å². The maximum absolute atomic E-state index is 2.26. The van der Waals surface area contributed by atoms with E-state index in [0.717, 1.165) is 0 Å². The van der Waals surface area contributed by atoms with Crippen LogP contribution in [0.15, 0.2) is 118 Å². The molecule has 0 saturated heterocycles. The van der Waals surface area contributed by atoms with Crippen LogP contribution in [-0.2, 0) is 0 Å². The summed E-state index contributed by atoms with van der Waals surface area (Å²) < 4.78 is 0. The summed E-state index contributed by atoms with van der Waals surface area (Å²) in [5.74, 6) is 0. The van der Waals surface area contributed by atoms with E-state index in [9.17, 15) is 0 Å². The number of thiophene rings is 2. The molecule has 0 aliphatic heterocycles. The first kappa shape index (κ1) is 19.3. The summed E-state index contributed by atoms with van der Waals surface area (Å²) in [6.07, 6.45) is 4.52. The molecule has 4 aromatic rings. The molecule has 2 heterocycles. The molecular weight excluding hydrogens is 417 g/mol. The maximum atomic E-state index is 2.26. The molecule has 4 rings (SSSR count). The van der Waals surface area contributed by atoms with Crippen molar-refractivity contribution in [2.75, 3.05) is 0 Å². The zero-order valence-electron chi connectivity index (χ0n) is 15.0. The molecule has 0 radical (unpaired) electrons. The Morgan fingerprint density at radius 3 is 1.32 bits per heavy atom. The third-order valence-electron chi connectivity index (χ3n) is 3.86. The molecule has 2 aromatic carbocycles. The lowest BCUT2D eigenvalue weighted by Crippen LogP contribution is -1.78. The highest BCUT2D eigenvalue weighted by Gasteiger charge is 2.08. The summed E-state index contributed by atoms with van der Waals surface area (Å²) in [6, 6.07) is 29.7. The fourth-order valence-corrected chi connectivity index (χ4v) is 6.09. The van der Waals surface area contributed by atoms with E-state index in [4.69, 9.17) is 0 Å². The molecule has 0 unspecified atom stereocenters. The minimum Gasteiger partial charge on any atom is -0.143 e. The van der Waals surface area contributed by atoms with Gasteiger partial charge in [-0.1, -0.05) is 72.1 Å². The van der Waals surface area contributed by atoms with Gasteiger partial charge in [0.05, 0.1) is 0 Å². The van der Waals surface area contributed by atoms with Crippen molar-refractivity contribution in [2.24, 2.45) is 0 Å². The summed E-state index contributed by atoms with van der Waals surface area (Å²) in [7, 11) is 0. The standard InChI is InChI=1S/C24H18S4/c1-3-9-19(10-4-1)27-23(21-13-7-17-25-21)15-16-24(22-14-8-18-26-22)28-20-11-5-2-6-12-20/h1-18H/b23-15+,24-16+. The molecule has 2 aromatic heterocycles. The minimum atomic E-state index is 1.25. The van der Waals surface area contributed by atoms with Gasteiger partial charge in [-0.2, -0.15) is 0 Å². The Hall–Kier alpha value is -1.98. The minimum absolute atomic E-state index is 1.25. The van der Waals surface area contributed by atoms with Crippen molar-refractivity contribution >= 4 is 56.0 Å². The van der Waals surface area contributed by atoms with Gasteiger partial charge in [0, 0.05) is 29.4 Å². The van der Waals surface area contributed by atoms with Crippen LogP contribution in [0.1, 0.15) is 9.75 Å². The summed E-state index contributed by atoms with van der Waals surface area (Å²) >= 11 is 7.19. The van der Waals surface area contributed by atoms with Crippen LogP contribution in [0.3, 0.4) is 0 Å². The molecule has 0 saturated carbocycles. The fraction of sp³-hybridized carbons (Fsp3) is 0. The van der Waals surface area contributed by atoms with Crippen molar-refractivity contribution in [2.45, 2.75) is 9.79 Å². The number of rotatable bonds is 7. The molecule has 0 bridgehead atoms. The van der Waals surface area contributed by atoms with Crippen LogP contribution in [0.25, 0.3) is 9.81 Å². The molecule has 0 atom stereocenters. The Morgan fingerprint density at radius 2 is 0.964 bits per heavy atom. The maximum Gasteiger partial charge on any atom is 0.0409 e. The molecule has 4 heteroatoms. The van der Waals surface area contributed by atoms with E-state index in [1.54, 1.807) is 22.7 Å². The van der Waals surface area contributed by atoms with E-state index >= 15 is 0 Å². The van der Waals surface area contributed by atoms with E-state index in [1.807, 2.05) is 23.5 Å².